The number of aliphatic hydroxyl groups is 4. The highest BCUT2D eigenvalue weighted by Gasteiger charge is 2.43. The summed E-state index contributed by atoms with van der Waals surface area (Å²) in [6.07, 6.45) is -6.40. The van der Waals surface area contributed by atoms with Crippen molar-refractivity contribution < 1.29 is 35.0 Å². The fourth-order valence-electron chi connectivity index (χ4n) is 2.94. The second-order valence-electron chi connectivity index (χ2n) is 6.40. The van der Waals surface area contributed by atoms with Gasteiger partial charge in [0.25, 0.3) is 0 Å². The molecule has 9 heteroatoms. The molecule has 1 saturated heterocycles. The molecule has 1 fully saturated rings. The number of benzene rings is 1. The monoisotopic (exact) mass is 380 g/mol. The zero-order valence-corrected chi connectivity index (χ0v) is 14.6. The van der Waals surface area contributed by atoms with Crippen LogP contribution in [0.2, 0.25) is 0 Å². The minimum Gasteiger partial charge on any atom is -0.506 e. The van der Waals surface area contributed by atoms with E-state index in [9.17, 15) is 20.4 Å². The number of aromatic nitrogens is 1. The Morgan fingerprint density at radius 2 is 1.89 bits per heavy atom. The number of para-hydroxylation sites is 1. The van der Waals surface area contributed by atoms with Crippen molar-refractivity contribution in [1.82, 2.24) is 10.3 Å². The number of phenols is 1. The molecule has 27 heavy (non-hydrogen) atoms. The Morgan fingerprint density at radius 3 is 2.67 bits per heavy atom. The van der Waals surface area contributed by atoms with E-state index in [4.69, 9.17) is 14.6 Å². The fourth-order valence-corrected chi connectivity index (χ4v) is 2.94. The van der Waals surface area contributed by atoms with Gasteiger partial charge in [-0.1, -0.05) is 18.2 Å². The smallest absolute Gasteiger partial charge is 0.186 e. The standard InChI is InChI=1S/C18H24N2O7/c21-9-13-15(23)16(24)17(25)18(27-13)26-7-6-19-8-11-5-4-10-2-1-3-12(22)14(10)20-11/h1-5,13,15-19,21-25H,6-9H2/t13-,15-,16+,17-,18-/m1/s1. The van der Waals surface area contributed by atoms with Crippen molar-refractivity contribution in [3.05, 3.63) is 36.0 Å². The number of ether oxygens (including phenoxy) is 2. The van der Waals surface area contributed by atoms with Gasteiger partial charge in [0.15, 0.2) is 6.29 Å². The van der Waals surface area contributed by atoms with Crippen LogP contribution < -0.4 is 5.32 Å². The number of nitrogens with zero attached hydrogens (tertiary/aromatic N) is 1. The number of phenolic OH excluding ortho intramolecular Hbond substituents is 1. The average Bonchev–Trinajstić information content (AvgIpc) is 2.68. The number of pyridine rings is 1. The molecule has 1 aromatic carbocycles. The van der Waals surface area contributed by atoms with Crippen LogP contribution in [0.3, 0.4) is 0 Å². The molecule has 6 N–H and O–H groups in total. The number of aliphatic hydroxyl groups excluding tert-OH is 4. The maximum absolute atomic E-state index is 9.89. The molecule has 2 aromatic rings. The zero-order chi connectivity index (χ0) is 19.4. The van der Waals surface area contributed by atoms with E-state index in [-0.39, 0.29) is 12.4 Å². The van der Waals surface area contributed by atoms with Crippen LogP contribution in [-0.4, -0.2) is 81.0 Å². The highest BCUT2D eigenvalue weighted by atomic mass is 16.7. The van der Waals surface area contributed by atoms with Crippen LogP contribution in [0.25, 0.3) is 10.9 Å². The van der Waals surface area contributed by atoms with Crippen LogP contribution in [0.4, 0.5) is 0 Å². The summed E-state index contributed by atoms with van der Waals surface area (Å²) in [5.74, 6) is 0.125. The van der Waals surface area contributed by atoms with E-state index < -0.39 is 37.3 Å². The summed E-state index contributed by atoms with van der Waals surface area (Å²) in [5, 5.41) is 52.3. The Kier molecular flexibility index (Phi) is 6.55. The SMILES string of the molecule is OC[C@H]1O[C@@H](OCCNCc2ccc3cccc(O)c3n2)[C@H](O)[C@@H](O)[C@@H]1O. The number of rotatable bonds is 7. The molecule has 3 rings (SSSR count). The molecule has 2 heterocycles. The lowest BCUT2D eigenvalue weighted by Gasteiger charge is -2.39. The van der Waals surface area contributed by atoms with Crippen LogP contribution in [0.1, 0.15) is 5.69 Å². The molecular formula is C18H24N2O7. The third kappa shape index (κ3) is 4.53. The molecule has 0 unspecified atom stereocenters. The number of hydrogen-bond acceptors (Lipinski definition) is 9. The second-order valence-corrected chi connectivity index (χ2v) is 6.40. The Labute approximate surface area is 155 Å². The van der Waals surface area contributed by atoms with Gasteiger partial charge >= 0.3 is 0 Å². The van der Waals surface area contributed by atoms with Gasteiger partial charge in [0.1, 0.15) is 35.7 Å². The van der Waals surface area contributed by atoms with Crippen molar-refractivity contribution in [2.75, 3.05) is 19.8 Å². The largest absolute Gasteiger partial charge is 0.506 e. The molecule has 148 valence electrons. The first-order valence-corrected chi connectivity index (χ1v) is 8.71. The van der Waals surface area contributed by atoms with E-state index in [0.717, 1.165) is 11.1 Å². The summed E-state index contributed by atoms with van der Waals surface area (Å²) >= 11 is 0. The minimum atomic E-state index is -1.46. The average molecular weight is 380 g/mol. The molecule has 1 aliphatic heterocycles. The maximum atomic E-state index is 9.89. The quantitative estimate of drug-likeness (QED) is 0.328. The van der Waals surface area contributed by atoms with Gasteiger partial charge in [0.2, 0.25) is 0 Å². The third-order valence-corrected chi connectivity index (χ3v) is 4.47. The Balaban J connectivity index is 1.46. The number of aromatic hydroxyl groups is 1. The van der Waals surface area contributed by atoms with Crippen molar-refractivity contribution in [2.24, 2.45) is 0 Å². The van der Waals surface area contributed by atoms with Gasteiger partial charge in [-0.25, -0.2) is 4.98 Å². The number of fused-ring (bicyclic) bond motifs is 1. The summed E-state index contributed by atoms with van der Waals surface area (Å²) in [6, 6.07) is 8.94. The normalized spacial score (nSPS) is 28.5. The fraction of sp³-hybridized carbons (Fsp3) is 0.500. The highest BCUT2D eigenvalue weighted by molar-refractivity contribution is 5.84. The predicted octanol–water partition coefficient (Wildman–Crippen LogP) is -1.15. The first-order valence-electron chi connectivity index (χ1n) is 8.71. The summed E-state index contributed by atoms with van der Waals surface area (Å²) in [4.78, 5) is 4.41. The Morgan fingerprint density at radius 1 is 1.07 bits per heavy atom. The zero-order valence-electron chi connectivity index (χ0n) is 14.6. The number of nitrogens with one attached hydrogen (secondary N) is 1. The molecular weight excluding hydrogens is 356 g/mol. The molecule has 0 spiro atoms. The van der Waals surface area contributed by atoms with Gasteiger partial charge in [0, 0.05) is 18.5 Å². The van der Waals surface area contributed by atoms with Gasteiger partial charge in [-0.3, -0.25) is 0 Å². The van der Waals surface area contributed by atoms with Crippen LogP contribution in [0.15, 0.2) is 30.3 Å². The first-order chi connectivity index (χ1) is 13.0. The van der Waals surface area contributed by atoms with E-state index in [1.165, 1.54) is 0 Å². The predicted molar refractivity (Wildman–Crippen MR) is 94.8 cm³/mol. The molecule has 0 aliphatic carbocycles. The van der Waals surface area contributed by atoms with Gasteiger partial charge < -0.3 is 40.3 Å². The number of hydrogen-bond donors (Lipinski definition) is 6. The van der Waals surface area contributed by atoms with Crippen LogP contribution in [0.5, 0.6) is 5.75 Å². The Bertz CT molecular complexity index is 758. The van der Waals surface area contributed by atoms with E-state index in [1.807, 2.05) is 18.2 Å². The molecule has 1 aromatic heterocycles. The van der Waals surface area contributed by atoms with E-state index >= 15 is 0 Å². The van der Waals surface area contributed by atoms with Crippen LogP contribution in [-0.2, 0) is 16.0 Å². The van der Waals surface area contributed by atoms with E-state index in [1.54, 1.807) is 12.1 Å². The van der Waals surface area contributed by atoms with Gasteiger partial charge in [-0.05, 0) is 12.1 Å². The van der Waals surface area contributed by atoms with Crippen LogP contribution >= 0.6 is 0 Å². The Hall–Kier alpha value is -1.85. The van der Waals surface area contributed by atoms with Gasteiger partial charge in [0.05, 0.1) is 18.9 Å². The minimum absolute atomic E-state index is 0.125. The maximum Gasteiger partial charge on any atom is 0.186 e. The summed E-state index contributed by atoms with van der Waals surface area (Å²) in [7, 11) is 0. The van der Waals surface area contributed by atoms with E-state index in [0.29, 0.717) is 18.6 Å². The summed E-state index contributed by atoms with van der Waals surface area (Å²) in [5.41, 5.74) is 1.28. The molecule has 0 amide bonds. The van der Waals surface area contributed by atoms with Gasteiger partial charge in [-0.15, -0.1) is 0 Å². The second kappa shape index (κ2) is 8.89. The third-order valence-electron chi connectivity index (χ3n) is 4.47. The first kappa shape index (κ1) is 19.9. The van der Waals surface area contributed by atoms with E-state index in [2.05, 4.69) is 10.3 Å². The lowest BCUT2D eigenvalue weighted by Crippen LogP contribution is -2.59. The molecule has 0 bridgehead atoms. The van der Waals surface area contributed by atoms with Crippen LogP contribution in [0, 0.1) is 0 Å². The summed E-state index contributed by atoms with van der Waals surface area (Å²) in [6.45, 7) is 0.531. The van der Waals surface area contributed by atoms with Crippen molar-refractivity contribution >= 4 is 10.9 Å². The summed E-state index contributed by atoms with van der Waals surface area (Å²) < 4.78 is 10.7. The molecule has 0 radical (unpaired) electrons. The lowest BCUT2D eigenvalue weighted by atomic mass is 9.99. The molecule has 0 saturated carbocycles. The topological polar surface area (TPSA) is 145 Å². The van der Waals surface area contributed by atoms with Gasteiger partial charge in [-0.2, -0.15) is 0 Å². The van der Waals surface area contributed by atoms with Crippen molar-refractivity contribution in [3.8, 4) is 5.75 Å². The lowest BCUT2D eigenvalue weighted by molar-refractivity contribution is -0.300. The molecule has 9 nitrogen and oxygen atoms in total. The van der Waals surface area contributed by atoms with Crippen molar-refractivity contribution in [1.29, 1.82) is 0 Å². The molecule has 1 aliphatic rings. The molecule has 5 atom stereocenters. The van der Waals surface area contributed by atoms with Crippen molar-refractivity contribution in [2.45, 2.75) is 37.3 Å². The highest BCUT2D eigenvalue weighted by Crippen LogP contribution is 2.23. The van der Waals surface area contributed by atoms with Crippen molar-refractivity contribution in [3.63, 3.8) is 0 Å².